The van der Waals surface area contributed by atoms with Crippen molar-refractivity contribution in [1.29, 1.82) is 0 Å². The Morgan fingerprint density at radius 2 is 2.10 bits per heavy atom. The summed E-state index contributed by atoms with van der Waals surface area (Å²) < 4.78 is 0. The topological polar surface area (TPSA) is 98.1 Å². The molecule has 108 valence electrons. The standard InChI is InChI=1S/C13H19N5OS/c1-2-18(9-5-3-4-6-9)12(19)8-20-13-16-10(14)7-11(15)17-13/h5,7H,2-4,6,8H2,1H3,(H4,14,15,16,17). The van der Waals surface area contributed by atoms with Gasteiger partial charge in [0.15, 0.2) is 5.16 Å². The Hall–Kier alpha value is -1.76. The predicted molar refractivity (Wildman–Crippen MR) is 80.9 cm³/mol. The molecule has 2 rings (SSSR count). The lowest BCUT2D eigenvalue weighted by atomic mass is 10.3. The number of carbonyl (C=O) groups excluding carboxylic acids is 1. The highest BCUT2D eigenvalue weighted by molar-refractivity contribution is 7.99. The van der Waals surface area contributed by atoms with Gasteiger partial charge >= 0.3 is 0 Å². The van der Waals surface area contributed by atoms with Gasteiger partial charge in [0.1, 0.15) is 11.6 Å². The largest absolute Gasteiger partial charge is 0.383 e. The molecule has 1 aliphatic rings. The van der Waals surface area contributed by atoms with Crippen LogP contribution >= 0.6 is 11.8 Å². The zero-order valence-corrected chi connectivity index (χ0v) is 12.3. The Balaban J connectivity index is 1.96. The summed E-state index contributed by atoms with van der Waals surface area (Å²) in [5, 5.41) is 0.437. The molecule has 0 unspecified atom stereocenters. The smallest absolute Gasteiger partial charge is 0.237 e. The van der Waals surface area contributed by atoms with Crippen molar-refractivity contribution >= 4 is 29.3 Å². The minimum atomic E-state index is 0.0650. The van der Waals surface area contributed by atoms with Crippen LogP contribution in [0.5, 0.6) is 0 Å². The van der Waals surface area contributed by atoms with Gasteiger partial charge in [-0.05, 0) is 26.2 Å². The van der Waals surface area contributed by atoms with Crippen LogP contribution in [0, 0.1) is 0 Å². The number of nitrogen functional groups attached to an aromatic ring is 2. The Labute approximate surface area is 122 Å². The first-order chi connectivity index (χ1) is 9.60. The van der Waals surface area contributed by atoms with Gasteiger partial charge in [0.25, 0.3) is 0 Å². The summed E-state index contributed by atoms with van der Waals surface area (Å²) in [7, 11) is 0. The molecule has 0 aromatic carbocycles. The number of anilines is 2. The lowest BCUT2D eigenvalue weighted by molar-refractivity contribution is -0.126. The molecule has 1 aromatic rings. The van der Waals surface area contributed by atoms with Gasteiger partial charge in [0.05, 0.1) is 5.75 Å². The predicted octanol–water partition coefficient (Wildman–Crippen LogP) is 1.65. The third kappa shape index (κ3) is 3.63. The number of nitrogens with zero attached hydrogens (tertiary/aromatic N) is 3. The first kappa shape index (κ1) is 14.6. The molecule has 1 aromatic heterocycles. The Morgan fingerprint density at radius 1 is 1.40 bits per heavy atom. The molecule has 0 saturated heterocycles. The van der Waals surface area contributed by atoms with E-state index >= 15 is 0 Å². The molecule has 0 spiro atoms. The molecular formula is C13H19N5OS. The zero-order valence-electron chi connectivity index (χ0n) is 11.5. The number of carbonyl (C=O) groups is 1. The highest BCUT2D eigenvalue weighted by atomic mass is 32.2. The van der Waals surface area contributed by atoms with Gasteiger partial charge in [-0.1, -0.05) is 17.8 Å². The molecule has 0 saturated carbocycles. The first-order valence-corrected chi connectivity index (χ1v) is 7.61. The summed E-state index contributed by atoms with van der Waals surface area (Å²) in [6.45, 7) is 2.67. The highest BCUT2D eigenvalue weighted by Gasteiger charge is 2.19. The lowest BCUT2D eigenvalue weighted by Gasteiger charge is -2.21. The molecule has 1 heterocycles. The van der Waals surface area contributed by atoms with Crippen LogP contribution in [-0.4, -0.2) is 33.1 Å². The fourth-order valence-corrected chi connectivity index (χ4v) is 2.92. The van der Waals surface area contributed by atoms with Gasteiger partial charge in [-0.2, -0.15) is 0 Å². The van der Waals surface area contributed by atoms with E-state index in [0.29, 0.717) is 23.3 Å². The van der Waals surface area contributed by atoms with E-state index in [-0.39, 0.29) is 11.7 Å². The molecule has 1 aliphatic carbocycles. The third-order valence-corrected chi connectivity index (χ3v) is 3.88. The van der Waals surface area contributed by atoms with E-state index < -0.39 is 0 Å². The number of hydrogen-bond donors (Lipinski definition) is 2. The molecule has 0 atom stereocenters. The van der Waals surface area contributed by atoms with Crippen molar-refractivity contribution in [2.24, 2.45) is 0 Å². The number of rotatable bonds is 5. The normalized spacial score (nSPS) is 14.2. The second-order valence-corrected chi connectivity index (χ2v) is 5.46. The number of nitrogens with two attached hydrogens (primary N) is 2. The molecule has 6 nitrogen and oxygen atoms in total. The van der Waals surface area contributed by atoms with Crippen molar-refractivity contribution in [3.63, 3.8) is 0 Å². The van der Waals surface area contributed by atoms with Gasteiger partial charge in [0.2, 0.25) is 5.91 Å². The second kappa shape index (κ2) is 6.60. The van der Waals surface area contributed by atoms with Crippen LogP contribution < -0.4 is 11.5 Å². The van der Waals surface area contributed by atoms with Crippen LogP contribution in [-0.2, 0) is 4.79 Å². The molecule has 20 heavy (non-hydrogen) atoms. The van der Waals surface area contributed by atoms with Gasteiger partial charge < -0.3 is 16.4 Å². The van der Waals surface area contributed by atoms with Crippen LogP contribution in [0.2, 0.25) is 0 Å². The molecule has 4 N–H and O–H groups in total. The van der Waals surface area contributed by atoms with E-state index in [0.717, 1.165) is 25.0 Å². The average Bonchev–Trinajstić information content (AvgIpc) is 2.90. The van der Waals surface area contributed by atoms with Gasteiger partial charge in [0, 0.05) is 18.3 Å². The molecular weight excluding hydrogens is 274 g/mol. The van der Waals surface area contributed by atoms with E-state index in [1.54, 1.807) is 0 Å². The van der Waals surface area contributed by atoms with Gasteiger partial charge in [-0.25, -0.2) is 9.97 Å². The number of amides is 1. The number of aromatic nitrogens is 2. The van der Waals surface area contributed by atoms with Crippen molar-refractivity contribution in [3.05, 3.63) is 17.8 Å². The quantitative estimate of drug-likeness (QED) is 0.632. The summed E-state index contributed by atoms with van der Waals surface area (Å²) >= 11 is 1.26. The minimum absolute atomic E-state index is 0.0650. The van der Waals surface area contributed by atoms with Crippen molar-refractivity contribution < 1.29 is 4.79 Å². The maximum atomic E-state index is 12.3. The summed E-state index contributed by atoms with van der Waals surface area (Å²) in [4.78, 5) is 22.2. The highest BCUT2D eigenvalue weighted by Crippen LogP contribution is 2.23. The Morgan fingerprint density at radius 3 is 2.65 bits per heavy atom. The third-order valence-electron chi connectivity index (χ3n) is 3.05. The maximum absolute atomic E-state index is 12.3. The Bertz CT molecular complexity index is 511. The van der Waals surface area contributed by atoms with Crippen molar-refractivity contribution in [2.75, 3.05) is 23.8 Å². The summed E-state index contributed by atoms with van der Waals surface area (Å²) in [6, 6.07) is 1.49. The second-order valence-electron chi connectivity index (χ2n) is 4.51. The summed E-state index contributed by atoms with van der Waals surface area (Å²) in [5.41, 5.74) is 12.3. The van der Waals surface area contributed by atoms with Gasteiger partial charge in [-0.15, -0.1) is 0 Å². The van der Waals surface area contributed by atoms with Crippen LogP contribution in [0.1, 0.15) is 26.2 Å². The summed E-state index contributed by atoms with van der Waals surface area (Å²) in [5.74, 6) is 0.987. The molecule has 0 bridgehead atoms. The van der Waals surface area contributed by atoms with Gasteiger partial charge in [-0.3, -0.25) is 4.79 Å². The SMILES string of the molecule is CCN(C(=O)CSc1nc(N)cc(N)n1)C1=CCCC1. The number of allylic oxidation sites excluding steroid dienone is 2. The van der Waals surface area contributed by atoms with E-state index in [9.17, 15) is 4.79 Å². The zero-order chi connectivity index (χ0) is 14.5. The average molecular weight is 293 g/mol. The molecule has 0 fully saturated rings. The molecule has 7 heteroatoms. The van der Waals surface area contributed by atoms with Crippen molar-refractivity contribution in [2.45, 2.75) is 31.3 Å². The van der Waals surface area contributed by atoms with Crippen LogP contribution in [0.25, 0.3) is 0 Å². The lowest BCUT2D eigenvalue weighted by Crippen LogP contribution is -2.31. The summed E-state index contributed by atoms with van der Waals surface area (Å²) in [6.07, 6.45) is 5.30. The van der Waals surface area contributed by atoms with E-state index in [2.05, 4.69) is 16.0 Å². The molecule has 0 radical (unpaired) electrons. The number of thioether (sulfide) groups is 1. The fourth-order valence-electron chi connectivity index (χ4n) is 2.17. The fraction of sp³-hybridized carbons (Fsp3) is 0.462. The van der Waals surface area contributed by atoms with E-state index in [1.807, 2.05) is 11.8 Å². The van der Waals surface area contributed by atoms with Crippen LogP contribution in [0.4, 0.5) is 11.6 Å². The van der Waals surface area contributed by atoms with Crippen molar-refractivity contribution in [3.8, 4) is 0 Å². The first-order valence-electron chi connectivity index (χ1n) is 6.62. The minimum Gasteiger partial charge on any atom is -0.383 e. The monoisotopic (exact) mass is 293 g/mol. The van der Waals surface area contributed by atoms with E-state index in [1.165, 1.54) is 17.8 Å². The van der Waals surface area contributed by atoms with Crippen LogP contribution in [0.15, 0.2) is 23.0 Å². The maximum Gasteiger partial charge on any atom is 0.237 e. The van der Waals surface area contributed by atoms with Crippen LogP contribution in [0.3, 0.4) is 0 Å². The van der Waals surface area contributed by atoms with E-state index in [4.69, 9.17) is 11.5 Å². The molecule has 1 amide bonds. The van der Waals surface area contributed by atoms with Crippen molar-refractivity contribution in [1.82, 2.24) is 14.9 Å². The Kier molecular flexibility index (Phi) is 4.84. The number of hydrogen-bond acceptors (Lipinski definition) is 6. The molecule has 0 aliphatic heterocycles.